The zero-order chi connectivity index (χ0) is 22.1. The number of hydrogen-bond acceptors (Lipinski definition) is 7. The molecular formula is C19H19FN4O5S. The number of pyridine rings is 2. The number of benzene rings is 1. The van der Waals surface area contributed by atoms with Crippen molar-refractivity contribution in [1.29, 1.82) is 0 Å². The third kappa shape index (κ3) is 4.31. The fraction of sp³-hybridized carbons (Fsp3) is 0.211. The maximum Gasteiger partial charge on any atom is 0.360 e. The van der Waals surface area contributed by atoms with E-state index >= 15 is 0 Å². The van der Waals surface area contributed by atoms with Crippen molar-refractivity contribution in [1.82, 2.24) is 14.3 Å². The molecule has 0 unspecified atom stereocenters. The average Bonchev–Trinajstić information content (AvgIpc) is 2.71. The number of methoxy groups -OCH3 is 1. The van der Waals surface area contributed by atoms with Crippen LogP contribution in [-0.4, -0.2) is 55.0 Å². The van der Waals surface area contributed by atoms with E-state index in [0.717, 1.165) is 17.0 Å². The van der Waals surface area contributed by atoms with E-state index in [-0.39, 0.29) is 22.5 Å². The largest absolute Gasteiger partial charge is 0.504 e. The molecule has 30 heavy (non-hydrogen) atoms. The Labute approximate surface area is 172 Å². The highest BCUT2D eigenvalue weighted by Gasteiger charge is 2.24. The van der Waals surface area contributed by atoms with E-state index in [1.807, 2.05) is 0 Å². The first-order chi connectivity index (χ1) is 14.1. The van der Waals surface area contributed by atoms with Gasteiger partial charge in [-0.1, -0.05) is 12.1 Å². The molecule has 0 atom stereocenters. The van der Waals surface area contributed by atoms with Gasteiger partial charge in [-0.3, -0.25) is 9.71 Å². The van der Waals surface area contributed by atoms with Crippen LogP contribution in [0.2, 0.25) is 0 Å². The van der Waals surface area contributed by atoms with Crippen LogP contribution in [0.4, 0.5) is 10.2 Å². The number of nitrogens with zero attached hydrogens (tertiary/aromatic N) is 3. The summed E-state index contributed by atoms with van der Waals surface area (Å²) in [5.74, 6) is -2.03. The summed E-state index contributed by atoms with van der Waals surface area (Å²) in [5, 5.41) is 10.6. The quantitative estimate of drug-likeness (QED) is 0.570. The molecule has 0 bridgehead atoms. The SMILES string of the molecule is COC(=O)c1nc(NS(=O)(=O)N(C)C)c2cc(Cc3ccc(F)cc3)cnc2c1O. The number of anilines is 1. The summed E-state index contributed by atoms with van der Waals surface area (Å²) in [7, 11) is -0.208. The lowest BCUT2D eigenvalue weighted by Crippen LogP contribution is -2.29. The van der Waals surface area contributed by atoms with Crippen molar-refractivity contribution in [2.45, 2.75) is 6.42 Å². The van der Waals surface area contributed by atoms with Gasteiger partial charge in [-0.05, 0) is 35.7 Å². The van der Waals surface area contributed by atoms with E-state index in [2.05, 4.69) is 19.4 Å². The number of aromatic nitrogens is 2. The number of halogens is 1. The predicted octanol–water partition coefficient (Wildman–Crippen LogP) is 2.07. The molecule has 2 aromatic heterocycles. The number of hydrogen-bond donors (Lipinski definition) is 2. The Hall–Kier alpha value is -3.31. The molecule has 2 N–H and O–H groups in total. The lowest BCUT2D eigenvalue weighted by molar-refractivity contribution is 0.0591. The normalized spacial score (nSPS) is 11.6. The summed E-state index contributed by atoms with van der Waals surface area (Å²) in [4.78, 5) is 20.1. The molecule has 0 fully saturated rings. The molecule has 0 aliphatic heterocycles. The Morgan fingerprint density at radius 3 is 2.50 bits per heavy atom. The number of fused-ring (bicyclic) bond motifs is 1. The van der Waals surface area contributed by atoms with E-state index < -0.39 is 27.6 Å². The third-order valence-corrected chi connectivity index (χ3v) is 5.69. The molecule has 9 nitrogen and oxygen atoms in total. The van der Waals surface area contributed by atoms with Crippen molar-refractivity contribution in [2.24, 2.45) is 0 Å². The van der Waals surface area contributed by atoms with Crippen molar-refractivity contribution in [3.05, 3.63) is 59.2 Å². The molecule has 0 aliphatic carbocycles. The molecule has 0 saturated heterocycles. The first-order valence-corrected chi connectivity index (χ1v) is 10.1. The first kappa shape index (κ1) is 21.4. The van der Waals surface area contributed by atoms with Crippen molar-refractivity contribution < 1.29 is 27.4 Å². The second-order valence-electron chi connectivity index (χ2n) is 6.58. The van der Waals surface area contributed by atoms with E-state index in [1.165, 1.54) is 32.4 Å². The molecule has 158 valence electrons. The summed E-state index contributed by atoms with van der Waals surface area (Å²) in [6.07, 6.45) is 1.85. The third-order valence-electron chi connectivity index (χ3n) is 4.28. The van der Waals surface area contributed by atoms with Crippen molar-refractivity contribution >= 4 is 32.9 Å². The maximum atomic E-state index is 13.1. The van der Waals surface area contributed by atoms with Crippen LogP contribution in [-0.2, 0) is 21.4 Å². The smallest absolute Gasteiger partial charge is 0.360 e. The van der Waals surface area contributed by atoms with Gasteiger partial charge in [-0.15, -0.1) is 0 Å². The second kappa shape index (κ2) is 8.20. The summed E-state index contributed by atoms with van der Waals surface area (Å²) < 4.78 is 45.6. The minimum Gasteiger partial charge on any atom is -0.504 e. The van der Waals surface area contributed by atoms with E-state index in [4.69, 9.17) is 0 Å². The van der Waals surface area contributed by atoms with Crippen LogP contribution in [0, 0.1) is 5.82 Å². The molecule has 3 rings (SSSR count). The molecule has 0 spiro atoms. The highest BCUT2D eigenvalue weighted by atomic mass is 32.2. The molecule has 0 saturated carbocycles. The Kier molecular flexibility index (Phi) is 5.85. The minimum atomic E-state index is -3.96. The van der Waals surface area contributed by atoms with E-state index in [0.29, 0.717) is 12.0 Å². The monoisotopic (exact) mass is 434 g/mol. The number of rotatable bonds is 6. The van der Waals surface area contributed by atoms with Crippen molar-refractivity contribution in [2.75, 3.05) is 25.9 Å². The van der Waals surface area contributed by atoms with Crippen LogP contribution >= 0.6 is 0 Å². The van der Waals surface area contributed by atoms with Crippen LogP contribution < -0.4 is 4.72 Å². The van der Waals surface area contributed by atoms with Gasteiger partial charge in [-0.2, -0.15) is 12.7 Å². The number of aromatic hydroxyl groups is 1. The van der Waals surface area contributed by atoms with Gasteiger partial charge in [0.25, 0.3) is 0 Å². The highest BCUT2D eigenvalue weighted by Crippen LogP contribution is 2.32. The first-order valence-electron chi connectivity index (χ1n) is 8.67. The van der Waals surface area contributed by atoms with Gasteiger partial charge in [-0.25, -0.2) is 14.2 Å². The number of carbonyl (C=O) groups excluding carboxylic acids is 1. The lowest BCUT2D eigenvalue weighted by Gasteiger charge is -2.16. The van der Waals surface area contributed by atoms with Gasteiger partial charge < -0.3 is 9.84 Å². The van der Waals surface area contributed by atoms with Gasteiger partial charge in [0.2, 0.25) is 0 Å². The summed E-state index contributed by atoms with van der Waals surface area (Å²) in [6, 6.07) is 7.48. The summed E-state index contributed by atoms with van der Waals surface area (Å²) >= 11 is 0. The van der Waals surface area contributed by atoms with Gasteiger partial charge >= 0.3 is 16.2 Å². The topological polar surface area (TPSA) is 122 Å². The van der Waals surface area contributed by atoms with Gasteiger partial charge in [0.05, 0.1) is 7.11 Å². The Morgan fingerprint density at radius 1 is 1.23 bits per heavy atom. The second-order valence-corrected chi connectivity index (χ2v) is 8.47. The number of carbonyl (C=O) groups is 1. The maximum absolute atomic E-state index is 13.1. The standard InChI is InChI=1S/C19H19FN4O5S/c1-24(2)30(27,28)23-18-14-9-12(8-11-4-6-13(20)7-5-11)10-21-15(14)17(25)16(22-18)19(26)29-3/h4-7,9-10,25H,8H2,1-3H3,(H,22,23). The van der Waals surface area contributed by atoms with E-state index in [1.54, 1.807) is 18.2 Å². The lowest BCUT2D eigenvalue weighted by atomic mass is 10.0. The number of ether oxygens (including phenoxy) is 1. The average molecular weight is 434 g/mol. The van der Waals surface area contributed by atoms with Crippen LogP contribution in [0.15, 0.2) is 36.5 Å². The molecular weight excluding hydrogens is 415 g/mol. The molecule has 0 amide bonds. The Balaban J connectivity index is 2.16. The molecule has 0 radical (unpaired) electrons. The van der Waals surface area contributed by atoms with E-state index in [9.17, 15) is 22.7 Å². The fourth-order valence-electron chi connectivity index (χ4n) is 2.68. The van der Waals surface area contributed by atoms with Crippen LogP contribution in [0.25, 0.3) is 10.9 Å². The highest BCUT2D eigenvalue weighted by molar-refractivity contribution is 7.90. The van der Waals surface area contributed by atoms with Gasteiger partial charge in [0.15, 0.2) is 17.3 Å². The number of esters is 1. The molecule has 1 aromatic carbocycles. The summed E-state index contributed by atoms with van der Waals surface area (Å²) in [6.45, 7) is 0. The zero-order valence-corrected chi connectivity index (χ0v) is 17.2. The Bertz CT molecular complexity index is 1210. The molecule has 3 aromatic rings. The van der Waals surface area contributed by atoms with Crippen LogP contribution in [0.3, 0.4) is 0 Å². The minimum absolute atomic E-state index is 0.0234. The molecule has 0 aliphatic rings. The van der Waals surface area contributed by atoms with Crippen LogP contribution in [0.1, 0.15) is 21.6 Å². The zero-order valence-electron chi connectivity index (χ0n) is 16.4. The van der Waals surface area contributed by atoms with Crippen molar-refractivity contribution in [3.8, 4) is 5.75 Å². The van der Waals surface area contributed by atoms with Crippen LogP contribution in [0.5, 0.6) is 5.75 Å². The molecule has 2 heterocycles. The van der Waals surface area contributed by atoms with Gasteiger partial charge in [0, 0.05) is 25.7 Å². The predicted molar refractivity (Wildman–Crippen MR) is 108 cm³/mol. The number of nitrogens with one attached hydrogen (secondary N) is 1. The Morgan fingerprint density at radius 2 is 1.90 bits per heavy atom. The summed E-state index contributed by atoms with van der Waals surface area (Å²) in [5.41, 5.74) is 0.965. The van der Waals surface area contributed by atoms with Gasteiger partial charge in [0.1, 0.15) is 11.3 Å². The van der Waals surface area contributed by atoms with Crippen molar-refractivity contribution in [3.63, 3.8) is 0 Å². The molecule has 11 heteroatoms. The fourth-order valence-corrected chi connectivity index (χ4v) is 3.26.